The number of sulfone groups is 1. The van der Waals surface area contributed by atoms with Gasteiger partial charge in [0.2, 0.25) is 0 Å². The highest BCUT2D eigenvalue weighted by Crippen LogP contribution is 2.43. The Hall–Kier alpha value is -4.58. The highest BCUT2D eigenvalue weighted by Gasteiger charge is 2.34. The molecule has 0 fully saturated rings. The molecule has 0 saturated heterocycles. The minimum atomic E-state index is -3.63. The molecule has 0 bridgehead atoms. The smallest absolute Gasteiger partial charge is 0.270 e. The second-order valence-electron chi connectivity index (χ2n) is 8.92. The van der Waals surface area contributed by atoms with Gasteiger partial charge in [0, 0.05) is 11.5 Å². The van der Waals surface area contributed by atoms with Crippen LogP contribution in [0.4, 0.5) is 0 Å². The van der Waals surface area contributed by atoms with Gasteiger partial charge in [0.1, 0.15) is 0 Å². The first-order valence-corrected chi connectivity index (χ1v) is 14.3. The SMILES string of the molecule is [C-]#[N+]/C(C#N)=c1\c2c(/c(=C(/C#N)[N+]#[C-])c3c1Cc1c-3cccc1S(C)(=O)=O)-c1cccc(CS(=O)O)c1C2. The Morgan fingerprint density at radius 3 is 1.97 bits per heavy atom. The summed E-state index contributed by atoms with van der Waals surface area (Å²) in [6.45, 7) is 15.5. The van der Waals surface area contributed by atoms with Crippen molar-refractivity contribution in [1.29, 1.82) is 10.5 Å². The Balaban J connectivity index is 2.09. The van der Waals surface area contributed by atoms with Crippen LogP contribution in [0.5, 0.6) is 0 Å². The van der Waals surface area contributed by atoms with Gasteiger partial charge in [0.25, 0.3) is 11.4 Å². The Bertz CT molecular complexity index is 2020. The fourth-order valence-electron chi connectivity index (χ4n) is 5.63. The van der Waals surface area contributed by atoms with Gasteiger partial charge in [0.05, 0.1) is 35.9 Å². The van der Waals surface area contributed by atoms with Crippen LogP contribution in [0.25, 0.3) is 43.3 Å². The molecule has 0 saturated carbocycles. The van der Waals surface area contributed by atoms with Crippen molar-refractivity contribution in [3.63, 3.8) is 0 Å². The Morgan fingerprint density at radius 2 is 1.45 bits per heavy atom. The van der Waals surface area contributed by atoms with E-state index in [9.17, 15) is 27.7 Å². The monoisotopic (exact) mass is 536 g/mol. The highest BCUT2D eigenvalue weighted by atomic mass is 32.2. The molecule has 1 N–H and O–H groups in total. The quantitative estimate of drug-likeness (QED) is 0.279. The van der Waals surface area contributed by atoms with Gasteiger partial charge >= 0.3 is 0 Å². The van der Waals surface area contributed by atoms with E-state index in [0.717, 1.165) is 11.8 Å². The summed E-state index contributed by atoms with van der Waals surface area (Å²) in [5.74, 6) is -0.128. The number of nitrogens with zero attached hydrogens (tertiary/aromatic N) is 4. The van der Waals surface area contributed by atoms with Gasteiger partial charge in [-0.25, -0.2) is 32.8 Å². The predicted molar refractivity (Wildman–Crippen MR) is 141 cm³/mol. The molecule has 3 aromatic carbocycles. The van der Waals surface area contributed by atoms with Crippen LogP contribution in [0.2, 0.25) is 0 Å². The zero-order chi connectivity index (χ0) is 27.4. The van der Waals surface area contributed by atoms with Gasteiger partial charge in [-0.15, -0.1) is 0 Å². The Kier molecular flexibility index (Phi) is 5.98. The number of nitriles is 2. The summed E-state index contributed by atoms with van der Waals surface area (Å²) in [5, 5.41) is 20.6. The summed E-state index contributed by atoms with van der Waals surface area (Å²) in [5.41, 5.74) is 4.70. The lowest BCUT2D eigenvalue weighted by Crippen LogP contribution is -2.25. The van der Waals surface area contributed by atoms with Gasteiger partial charge in [-0.1, -0.05) is 30.3 Å². The zero-order valence-corrected chi connectivity index (χ0v) is 21.5. The van der Waals surface area contributed by atoms with Gasteiger partial charge in [-0.2, -0.15) is 0 Å². The maximum absolute atomic E-state index is 12.6. The molecule has 184 valence electrons. The molecule has 0 heterocycles. The minimum Gasteiger partial charge on any atom is -0.306 e. The Labute approximate surface area is 221 Å². The standard InChI is InChI=1S/C28H16N4O4S2/c1-31-22(12-29)25-20-10-18-15(14-37(33)34)6-4-7-16(18)26(20)28(23(13-30)32-2)27-17-8-5-9-24(38(3,35)36)19(17)11-21(25)27/h4-9H,10-11,14H2,3H3,(H,33,34)/b25-22+,28-23+. The molecule has 10 heteroatoms. The van der Waals surface area contributed by atoms with Crippen LogP contribution in [0.15, 0.2) is 41.3 Å². The fourth-order valence-corrected chi connectivity index (χ4v) is 7.12. The van der Waals surface area contributed by atoms with Gasteiger partial charge in [-0.05, 0) is 74.2 Å². The zero-order valence-electron chi connectivity index (χ0n) is 19.9. The summed E-state index contributed by atoms with van der Waals surface area (Å²) in [6.07, 6.45) is 1.43. The average molecular weight is 537 g/mol. The lowest BCUT2D eigenvalue weighted by atomic mass is 9.90. The maximum atomic E-state index is 12.6. The molecular formula is C28H16N4O4S2. The van der Waals surface area contributed by atoms with Crippen LogP contribution in [0, 0.1) is 35.8 Å². The highest BCUT2D eigenvalue weighted by molar-refractivity contribution is 7.90. The van der Waals surface area contributed by atoms with Crippen molar-refractivity contribution < 1.29 is 17.2 Å². The van der Waals surface area contributed by atoms with E-state index in [0.29, 0.717) is 54.9 Å². The molecule has 1 atom stereocenters. The maximum Gasteiger partial charge on any atom is 0.270 e. The number of hydrogen-bond acceptors (Lipinski definition) is 5. The number of hydrogen-bond donors (Lipinski definition) is 1. The van der Waals surface area contributed by atoms with Crippen LogP contribution in [-0.4, -0.2) is 23.4 Å². The topological polar surface area (TPSA) is 128 Å². The van der Waals surface area contributed by atoms with Gasteiger partial charge < -0.3 is 4.55 Å². The van der Waals surface area contributed by atoms with Crippen molar-refractivity contribution in [3.05, 3.63) is 97.5 Å². The van der Waals surface area contributed by atoms with Gasteiger partial charge in [0.15, 0.2) is 20.9 Å². The molecule has 38 heavy (non-hydrogen) atoms. The van der Waals surface area contributed by atoms with E-state index in [1.807, 2.05) is 12.1 Å². The predicted octanol–water partition coefficient (Wildman–Crippen LogP) is 3.06. The van der Waals surface area contributed by atoms with Crippen LogP contribution in [-0.2, 0) is 39.5 Å². The van der Waals surface area contributed by atoms with Crippen molar-refractivity contribution in [2.75, 3.05) is 6.26 Å². The Morgan fingerprint density at radius 1 is 0.921 bits per heavy atom. The summed E-state index contributed by atoms with van der Waals surface area (Å²) >= 11 is -2.12. The third kappa shape index (κ3) is 3.64. The van der Waals surface area contributed by atoms with Crippen molar-refractivity contribution >= 4 is 32.3 Å². The average Bonchev–Trinajstić information content (AvgIpc) is 3.45. The van der Waals surface area contributed by atoms with Gasteiger partial charge in [-0.3, -0.25) is 0 Å². The second kappa shape index (κ2) is 9.06. The van der Waals surface area contributed by atoms with Crippen LogP contribution < -0.4 is 10.4 Å². The summed E-state index contributed by atoms with van der Waals surface area (Å²) < 4.78 is 46.5. The van der Waals surface area contributed by atoms with Crippen LogP contribution >= 0.6 is 0 Å². The number of rotatable bonds is 3. The van der Waals surface area contributed by atoms with E-state index in [1.165, 1.54) is 6.07 Å². The first-order chi connectivity index (χ1) is 18.2. The van der Waals surface area contributed by atoms with Crippen molar-refractivity contribution in [2.45, 2.75) is 23.5 Å². The molecule has 5 rings (SSSR count). The molecule has 0 aliphatic heterocycles. The molecule has 0 spiro atoms. The first-order valence-electron chi connectivity index (χ1n) is 11.2. The summed E-state index contributed by atoms with van der Waals surface area (Å²) in [7, 11) is -3.63. The van der Waals surface area contributed by atoms with E-state index in [-0.39, 0.29) is 34.9 Å². The third-order valence-electron chi connectivity index (χ3n) is 6.95. The number of benzene rings is 3. The van der Waals surface area contributed by atoms with E-state index in [1.54, 1.807) is 30.3 Å². The second-order valence-corrected chi connectivity index (χ2v) is 11.8. The third-order valence-corrected chi connectivity index (χ3v) is 8.69. The van der Waals surface area contributed by atoms with Crippen LogP contribution in [0.1, 0.15) is 27.8 Å². The normalized spacial score (nSPS) is 14.9. The van der Waals surface area contributed by atoms with Crippen molar-refractivity contribution in [2.24, 2.45) is 0 Å². The fraction of sp³-hybridized carbons (Fsp3) is 0.143. The largest absolute Gasteiger partial charge is 0.306 e. The summed E-state index contributed by atoms with van der Waals surface area (Å²) in [4.78, 5) is 7.09. The summed E-state index contributed by atoms with van der Waals surface area (Å²) in [6, 6.07) is 14.0. The lowest BCUT2D eigenvalue weighted by molar-refractivity contribution is 0.563. The molecule has 1 unspecified atom stereocenters. The molecule has 0 aromatic heterocycles. The molecular weight excluding hydrogens is 520 g/mol. The van der Waals surface area contributed by atoms with E-state index in [2.05, 4.69) is 9.69 Å². The lowest BCUT2D eigenvalue weighted by Gasteiger charge is -2.13. The van der Waals surface area contributed by atoms with E-state index < -0.39 is 20.9 Å². The van der Waals surface area contributed by atoms with E-state index >= 15 is 0 Å². The molecule has 2 aliphatic carbocycles. The minimum absolute atomic E-state index is 0.102. The molecule has 2 aliphatic rings. The van der Waals surface area contributed by atoms with Crippen molar-refractivity contribution in [1.82, 2.24) is 0 Å². The molecule has 0 radical (unpaired) electrons. The van der Waals surface area contributed by atoms with E-state index in [4.69, 9.17) is 13.1 Å². The number of fused-ring (bicyclic) bond motifs is 6. The van der Waals surface area contributed by atoms with Crippen LogP contribution in [0.3, 0.4) is 0 Å². The first kappa shape index (κ1) is 25.1. The molecule has 0 amide bonds. The molecule has 3 aromatic rings. The molecule has 8 nitrogen and oxygen atoms in total. The van der Waals surface area contributed by atoms with Crippen molar-refractivity contribution in [3.8, 4) is 34.4 Å².